The zero-order chi connectivity index (χ0) is 22.6. The molecule has 1 heterocycles. The van der Waals surface area contributed by atoms with Crippen LogP contribution in [0.4, 0.5) is 11.4 Å². The van der Waals surface area contributed by atoms with Crippen LogP contribution in [0.25, 0.3) is 0 Å². The van der Waals surface area contributed by atoms with Crippen LogP contribution in [0.1, 0.15) is 41.6 Å². The molecule has 1 fully saturated rings. The molecule has 0 atom stereocenters. The third-order valence-corrected chi connectivity index (χ3v) is 7.60. The summed E-state index contributed by atoms with van der Waals surface area (Å²) in [6, 6.07) is 10.8. The Labute approximate surface area is 183 Å². The zero-order valence-electron chi connectivity index (χ0n) is 17.6. The summed E-state index contributed by atoms with van der Waals surface area (Å²) in [5.74, 6) is -0.378. The van der Waals surface area contributed by atoms with Crippen molar-refractivity contribution in [2.75, 3.05) is 29.4 Å². The fraction of sp³-hybridized carbons (Fsp3) is 0.381. The first-order chi connectivity index (χ1) is 14.6. The quantitative estimate of drug-likeness (QED) is 0.680. The fourth-order valence-electron chi connectivity index (χ4n) is 3.46. The van der Waals surface area contributed by atoms with E-state index in [1.165, 1.54) is 28.6 Å². The Morgan fingerprint density at radius 1 is 0.903 bits per heavy atom. The Balaban J connectivity index is 1.71. The van der Waals surface area contributed by atoms with Gasteiger partial charge in [0.05, 0.1) is 16.8 Å². The van der Waals surface area contributed by atoms with Crippen LogP contribution in [-0.2, 0) is 20.0 Å². The van der Waals surface area contributed by atoms with Crippen molar-refractivity contribution in [2.24, 2.45) is 0 Å². The van der Waals surface area contributed by atoms with E-state index < -0.39 is 20.0 Å². The van der Waals surface area contributed by atoms with Crippen LogP contribution < -0.4 is 10.0 Å². The number of rotatable bonds is 6. The van der Waals surface area contributed by atoms with Crippen molar-refractivity contribution in [3.8, 4) is 0 Å². The molecule has 0 unspecified atom stereocenters. The molecule has 8 nitrogen and oxygen atoms in total. The number of nitrogens with one attached hydrogen (secondary N) is 2. The van der Waals surface area contributed by atoms with Gasteiger partial charge in [-0.25, -0.2) is 16.8 Å². The van der Waals surface area contributed by atoms with Gasteiger partial charge in [0.1, 0.15) is 0 Å². The molecule has 0 spiro atoms. The highest BCUT2D eigenvalue weighted by atomic mass is 32.2. The summed E-state index contributed by atoms with van der Waals surface area (Å²) in [4.78, 5) is 12.8. The SMILES string of the molecule is Cc1cc(C(=O)Nc2ccc(S(=O)(=O)N3CCCCCC3)cc2)ccc1NS(C)(=O)=O. The van der Waals surface area contributed by atoms with Gasteiger partial charge in [-0.2, -0.15) is 4.31 Å². The van der Waals surface area contributed by atoms with Crippen molar-refractivity contribution in [1.29, 1.82) is 0 Å². The second-order valence-electron chi connectivity index (χ2n) is 7.70. The first-order valence-corrected chi connectivity index (χ1v) is 13.4. The molecule has 1 saturated heterocycles. The van der Waals surface area contributed by atoms with Gasteiger partial charge in [0, 0.05) is 24.3 Å². The molecule has 0 saturated carbocycles. The van der Waals surface area contributed by atoms with E-state index in [1.807, 2.05) is 0 Å². The minimum absolute atomic E-state index is 0.208. The number of sulfonamides is 2. The van der Waals surface area contributed by atoms with Gasteiger partial charge in [0.15, 0.2) is 0 Å². The third-order valence-electron chi connectivity index (χ3n) is 5.10. The maximum atomic E-state index is 12.9. The van der Waals surface area contributed by atoms with Gasteiger partial charge in [0.2, 0.25) is 20.0 Å². The van der Waals surface area contributed by atoms with Crippen LogP contribution in [0.3, 0.4) is 0 Å². The summed E-state index contributed by atoms with van der Waals surface area (Å²) < 4.78 is 52.4. The standard InChI is InChI=1S/C21H27N3O5S2/c1-16-15-17(7-12-20(16)23-30(2,26)27)21(25)22-18-8-10-19(11-9-18)31(28,29)24-13-5-3-4-6-14-24/h7-12,15,23H,3-6,13-14H2,1-2H3,(H,22,25). The van der Waals surface area contributed by atoms with Crippen LogP contribution in [0, 0.1) is 6.92 Å². The minimum Gasteiger partial charge on any atom is -0.322 e. The van der Waals surface area contributed by atoms with Crippen molar-refractivity contribution in [3.05, 3.63) is 53.6 Å². The number of hydrogen-bond acceptors (Lipinski definition) is 5. The second kappa shape index (κ2) is 9.37. The molecule has 1 aliphatic rings. The number of benzene rings is 2. The van der Waals surface area contributed by atoms with E-state index in [1.54, 1.807) is 25.1 Å². The summed E-state index contributed by atoms with van der Waals surface area (Å²) in [6.07, 6.45) is 4.88. The Morgan fingerprint density at radius 3 is 2.06 bits per heavy atom. The van der Waals surface area contributed by atoms with Gasteiger partial charge in [-0.1, -0.05) is 12.8 Å². The first-order valence-electron chi connectivity index (χ1n) is 10.1. The summed E-state index contributed by atoms with van der Waals surface area (Å²) in [6.45, 7) is 2.77. The van der Waals surface area contributed by atoms with Crippen LogP contribution in [0.2, 0.25) is 0 Å². The lowest BCUT2D eigenvalue weighted by molar-refractivity contribution is 0.102. The van der Waals surface area contributed by atoms with E-state index in [4.69, 9.17) is 0 Å². The second-order valence-corrected chi connectivity index (χ2v) is 11.4. The Kier molecular flexibility index (Phi) is 7.03. The molecule has 168 valence electrons. The maximum Gasteiger partial charge on any atom is 0.255 e. The van der Waals surface area contributed by atoms with Crippen LogP contribution in [0.15, 0.2) is 47.4 Å². The van der Waals surface area contributed by atoms with E-state index in [9.17, 15) is 21.6 Å². The number of aryl methyl sites for hydroxylation is 1. The molecular formula is C21H27N3O5S2. The summed E-state index contributed by atoms with van der Waals surface area (Å²) in [7, 11) is -6.95. The van der Waals surface area contributed by atoms with E-state index >= 15 is 0 Å². The smallest absolute Gasteiger partial charge is 0.255 e. The normalized spacial score (nSPS) is 15.8. The van der Waals surface area contributed by atoms with E-state index in [0.717, 1.165) is 31.9 Å². The number of carbonyl (C=O) groups excluding carboxylic acids is 1. The van der Waals surface area contributed by atoms with E-state index in [0.29, 0.717) is 35.6 Å². The number of anilines is 2. The van der Waals surface area contributed by atoms with Gasteiger partial charge in [-0.05, 0) is 67.8 Å². The highest BCUT2D eigenvalue weighted by Crippen LogP contribution is 2.23. The van der Waals surface area contributed by atoms with Crippen LogP contribution in [-0.4, -0.2) is 46.4 Å². The lowest BCUT2D eigenvalue weighted by Gasteiger charge is -2.20. The molecule has 2 aromatic rings. The highest BCUT2D eigenvalue weighted by molar-refractivity contribution is 7.92. The molecule has 0 radical (unpaired) electrons. The summed E-state index contributed by atoms with van der Waals surface area (Å²) in [5, 5.41) is 2.74. The molecule has 0 aliphatic carbocycles. The Morgan fingerprint density at radius 2 is 1.52 bits per heavy atom. The molecule has 31 heavy (non-hydrogen) atoms. The zero-order valence-corrected chi connectivity index (χ0v) is 19.2. The predicted molar refractivity (Wildman–Crippen MR) is 121 cm³/mol. The molecule has 0 aromatic heterocycles. The fourth-order valence-corrected chi connectivity index (χ4v) is 5.61. The minimum atomic E-state index is -3.54. The molecule has 2 aromatic carbocycles. The molecule has 1 amide bonds. The van der Waals surface area contributed by atoms with Crippen molar-refractivity contribution in [1.82, 2.24) is 4.31 Å². The maximum absolute atomic E-state index is 12.9. The molecule has 1 aliphatic heterocycles. The first kappa shape index (κ1) is 23.2. The molecule has 2 N–H and O–H groups in total. The van der Waals surface area contributed by atoms with Crippen LogP contribution in [0.5, 0.6) is 0 Å². The van der Waals surface area contributed by atoms with Crippen molar-refractivity contribution >= 4 is 37.3 Å². The Hall–Kier alpha value is -2.43. The van der Waals surface area contributed by atoms with Crippen LogP contribution >= 0.6 is 0 Å². The Bertz CT molecular complexity index is 1150. The van der Waals surface area contributed by atoms with Crippen molar-refractivity contribution < 1.29 is 21.6 Å². The molecule has 0 bridgehead atoms. The van der Waals surface area contributed by atoms with Crippen molar-refractivity contribution in [2.45, 2.75) is 37.5 Å². The molecule has 3 rings (SSSR count). The lowest BCUT2D eigenvalue weighted by atomic mass is 10.1. The largest absolute Gasteiger partial charge is 0.322 e. The number of amides is 1. The average molecular weight is 466 g/mol. The average Bonchev–Trinajstić information content (AvgIpc) is 2.99. The van der Waals surface area contributed by atoms with Gasteiger partial charge in [-0.15, -0.1) is 0 Å². The van der Waals surface area contributed by atoms with Gasteiger partial charge in [-0.3, -0.25) is 9.52 Å². The molecular weight excluding hydrogens is 438 g/mol. The lowest BCUT2D eigenvalue weighted by Crippen LogP contribution is -2.31. The molecule has 10 heteroatoms. The monoisotopic (exact) mass is 465 g/mol. The number of nitrogens with zero attached hydrogens (tertiary/aromatic N) is 1. The van der Waals surface area contributed by atoms with Gasteiger partial charge in [0.25, 0.3) is 5.91 Å². The van der Waals surface area contributed by atoms with E-state index in [-0.39, 0.29) is 10.8 Å². The highest BCUT2D eigenvalue weighted by Gasteiger charge is 2.25. The summed E-state index contributed by atoms with van der Waals surface area (Å²) >= 11 is 0. The van der Waals surface area contributed by atoms with Gasteiger partial charge >= 0.3 is 0 Å². The summed E-state index contributed by atoms with van der Waals surface area (Å²) in [5.41, 5.74) is 1.84. The number of carbonyl (C=O) groups is 1. The van der Waals surface area contributed by atoms with E-state index in [2.05, 4.69) is 10.0 Å². The third kappa shape index (κ3) is 6.05. The van der Waals surface area contributed by atoms with Crippen molar-refractivity contribution in [3.63, 3.8) is 0 Å². The van der Waals surface area contributed by atoms with Gasteiger partial charge < -0.3 is 5.32 Å². The predicted octanol–water partition coefficient (Wildman–Crippen LogP) is 3.18. The topological polar surface area (TPSA) is 113 Å². The number of hydrogen-bond donors (Lipinski definition) is 2.